The van der Waals surface area contributed by atoms with Crippen LogP contribution in [0.3, 0.4) is 0 Å². The summed E-state index contributed by atoms with van der Waals surface area (Å²) in [7, 11) is 0. The van der Waals surface area contributed by atoms with E-state index in [-0.39, 0.29) is 18.4 Å². The predicted molar refractivity (Wildman–Crippen MR) is 94.5 cm³/mol. The first-order valence-corrected chi connectivity index (χ1v) is 7.64. The number of carbonyl (C=O) groups is 2. The summed E-state index contributed by atoms with van der Waals surface area (Å²) < 4.78 is 5.38. The van der Waals surface area contributed by atoms with E-state index in [1.54, 1.807) is 54.6 Å². The van der Waals surface area contributed by atoms with E-state index < -0.39 is 0 Å². The van der Waals surface area contributed by atoms with Crippen molar-refractivity contribution in [2.75, 3.05) is 18.5 Å². The molecule has 0 aliphatic heterocycles. The van der Waals surface area contributed by atoms with Gasteiger partial charge < -0.3 is 15.4 Å². The van der Waals surface area contributed by atoms with Crippen molar-refractivity contribution in [1.29, 1.82) is 0 Å². The van der Waals surface area contributed by atoms with Crippen molar-refractivity contribution in [2.45, 2.75) is 0 Å². The fraction of sp³-hybridized carbons (Fsp3) is 0.111. The number of halogens is 1. The number of carbonyl (C=O) groups excluding carboxylic acids is 2. The molecule has 2 amide bonds. The van der Waals surface area contributed by atoms with Gasteiger partial charge in [0.05, 0.1) is 11.3 Å². The highest BCUT2D eigenvalue weighted by molar-refractivity contribution is 6.30. The van der Waals surface area contributed by atoms with Crippen molar-refractivity contribution in [3.8, 4) is 5.75 Å². The molecule has 0 aliphatic carbocycles. The van der Waals surface area contributed by atoms with Crippen molar-refractivity contribution in [3.05, 3.63) is 71.8 Å². The van der Waals surface area contributed by atoms with Crippen LogP contribution in [0.1, 0.15) is 10.4 Å². The third kappa shape index (κ3) is 5.14. The van der Waals surface area contributed by atoms with E-state index >= 15 is 0 Å². The van der Waals surface area contributed by atoms with Gasteiger partial charge in [-0.15, -0.1) is 6.58 Å². The number of hydrogen-bond donors (Lipinski definition) is 2. The SMILES string of the molecule is C=CCNC(=O)c1ccccc1NC(=O)COc1cccc(Cl)c1. The van der Waals surface area contributed by atoms with Crippen molar-refractivity contribution in [3.63, 3.8) is 0 Å². The number of benzene rings is 2. The maximum absolute atomic E-state index is 12.1. The molecule has 0 atom stereocenters. The third-order valence-corrected chi connectivity index (χ3v) is 3.25. The lowest BCUT2D eigenvalue weighted by molar-refractivity contribution is -0.118. The Balaban J connectivity index is 1.98. The van der Waals surface area contributed by atoms with E-state index in [1.165, 1.54) is 0 Å². The molecule has 0 heterocycles. The van der Waals surface area contributed by atoms with Gasteiger partial charge in [0, 0.05) is 11.6 Å². The monoisotopic (exact) mass is 344 g/mol. The zero-order chi connectivity index (χ0) is 17.4. The van der Waals surface area contributed by atoms with Gasteiger partial charge in [0.25, 0.3) is 11.8 Å². The van der Waals surface area contributed by atoms with Gasteiger partial charge >= 0.3 is 0 Å². The molecule has 2 aromatic carbocycles. The number of para-hydroxylation sites is 1. The first kappa shape index (κ1) is 17.6. The molecule has 0 radical (unpaired) electrons. The van der Waals surface area contributed by atoms with E-state index in [2.05, 4.69) is 17.2 Å². The Morgan fingerprint density at radius 3 is 2.71 bits per heavy atom. The quantitative estimate of drug-likeness (QED) is 0.757. The van der Waals surface area contributed by atoms with Crippen LogP contribution >= 0.6 is 11.6 Å². The summed E-state index contributed by atoms with van der Waals surface area (Å²) in [6.45, 7) is 3.70. The van der Waals surface area contributed by atoms with Crippen LogP contribution in [0.25, 0.3) is 0 Å². The Morgan fingerprint density at radius 2 is 1.96 bits per heavy atom. The van der Waals surface area contributed by atoms with E-state index in [0.29, 0.717) is 28.6 Å². The van der Waals surface area contributed by atoms with Gasteiger partial charge in [-0.05, 0) is 30.3 Å². The lowest BCUT2D eigenvalue weighted by Crippen LogP contribution is -2.26. The second kappa shape index (κ2) is 8.74. The van der Waals surface area contributed by atoms with Crippen LogP contribution < -0.4 is 15.4 Å². The molecule has 2 aromatic rings. The summed E-state index contributed by atoms with van der Waals surface area (Å²) in [5.41, 5.74) is 0.786. The van der Waals surface area contributed by atoms with Gasteiger partial charge in [-0.2, -0.15) is 0 Å². The summed E-state index contributed by atoms with van der Waals surface area (Å²) in [4.78, 5) is 24.1. The molecular formula is C18H17ClN2O3. The maximum Gasteiger partial charge on any atom is 0.262 e. The summed E-state index contributed by atoms with van der Waals surface area (Å²) >= 11 is 5.86. The van der Waals surface area contributed by atoms with Crippen LogP contribution in [0.5, 0.6) is 5.75 Å². The highest BCUT2D eigenvalue weighted by Gasteiger charge is 2.12. The molecule has 0 saturated heterocycles. The van der Waals surface area contributed by atoms with Crippen LogP contribution in [0.2, 0.25) is 5.02 Å². The second-order valence-corrected chi connectivity index (χ2v) is 5.27. The Morgan fingerprint density at radius 1 is 1.17 bits per heavy atom. The van der Waals surface area contributed by atoms with E-state index in [0.717, 1.165) is 0 Å². The molecule has 24 heavy (non-hydrogen) atoms. The molecule has 0 saturated carbocycles. The van der Waals surface area contributed by atoms with E-state index in [1.807, 2.05) is 0 Å². The average molecular weight is 345 g/mol. The number of ether oxygens (including phenoxy) is 1. The zero-order valence-electron chi connectivity index (χ0n) is 12.9. The third-order valence-electron chi connectivity index (χ3n) is 3.02. The molecule has 0 aromatic heterocycles. The first-order valence-electron chi connectivity index (χ1n) is 7.26. The fourth-order valence-corrected chi connectivity index (χ4v) is 2.12. The van der Waals surface area contributed by atoms with E-state index in [9.17, 15) is 9.59 Å². The number of anilines is 1. The molecule has 6 heteroatoms. The molecule has 0 fully saturated rings. The van der Waals surface area contributed by atoms with Gasteiger partial charge in [-0.25, -0.2) is 0 Å². The summed E-state index contributed by atoms with van der Waals surface area (Å²) in [6.07, 6.45) is 1.58. The number of hydrogen-bond acceptors (Lipinski definition) is 3. The minimum atomic E-state index is -0.376. The largest absolute Gasteiger partial charge is 0.484 e. The molecule has 0 aliphatic rings. The van der Waals surface area contributed by atoms with Crippen LogP contribution in [-0.4, -0.2) is 25.0 Å². The second-order valence-electron chi connectivity index (χ2n) is 4.84. The Kier molecular flexibility index (Phi) is 6.40. The normalized spacial score (nSPS) is 9.88. The van der Waals surface area contributed by atoms with Crippen LogP contribution in [-0.2, 0) is 4.79 Å². The van der Waals surface area contributed by atoms with Crippen molar-refractivity contribution < 1.29 is 14.3 Å². The van der Waals surface area contributed by atoms with Gasteiger partial charge in [-0.3, -0.25) is 9.59 Å². The van der Waals surface area contributed by atoms with Gasteiger partial charge in [0.15, 0.2) is 6.61 Å². The van der Waals surface area contributed by atoms with Gasteiger partial charge in [-0.1, -0.05) is 35.9 Å². The number of rotatable bonds is 7. The predicted octanol–water partition coefficient (Wildman–Crippen LogP) is 3.27. The topological polar surface area (TPSA) is 67.4 Å². The van der Waals surface area contributed by atoms with Crippen LogP contribution in [0.4, 0.5) is 5.69 Å². The highest BCUT2D eigenvalue weighted by Crippen LogP contribution is 2.18. The molecule has 0 bridgehead atoms. The summed E-state index contributed by atoms with van der Waals surface area (Å²) in [5, 5.41) is 5.87. The van der Waals surface area contributed by atoms with Crippen LogP contribution in [0.15, 0.2) is 61.2 Å². The molecule has 2 rings (SSSR count). The molecular weight excluding hydrogens is 328 g/mol. The zero-order valence-corrected chi connectivity index (χ0v) is 13.7. The van der Waals surface area contributed by atoms with Crippen molar-refractivity contribution >= 4 is 29.1 Å². The first-order chi connectivity index (χ1) is 11.6. The van der Waals surface area contributed by atoms with Gasteiger partial charge in [0.2, 0.25) is 0 Å². The van der Waals surface area contributed by atoms with E-state index in [4.69, 9.17) is 16.3 Å². The molecule has 0 spiro atoms. The lowest BCUT2D eigenvalue weighted by Gasteiger charge is -2.11. The minimum absolute atomic E-state index is 0.192. The smallest absolute Gasteiger partial charge is 0.262 e. The standard InChI is InChI=1S/C18H17ClN2O3/c1-2-10-20-18(23)15-8-3-4-9-16(15)21-17(22)12-24-14-7-5-6-13(19)11-14/h2-9,11H,1,10,12H2,(H,20,23)(H,21,22). The molecule has 124 valence electrons. The average Bonchev–Trinajstić information content (AvgIpc) is 2.58. The molecule has 0 unspecified atom stereocenters. The van der Waals surface area contributed by atoms with Crippen LogP contribution in [0, 0.1) is 0 Å². The van der Waals surface area contributed by atoms with Crippen molar-refractivity contribution in [1.82, 2.24) is 5.32 Å². The minimum Gasteiger partial charge on any atom is -0.484 e. The van der Waals surface area contributed by atoms with Gasteiger partial charge in [0.1, 0.15) is 5.75 Å². The number of amides is 2. The summed E-state index contributed by atoms with van der Waals surface area (Å²) in [6, 6.07) is 13.5. The Labute approximate surface area is 145 Å². The Hall–Kier alpha value is -2.79. The molecule has 5 nitrogen and oxygen atoms in total. The molecule has 2 N–H and O–H groups in total. The maximum atomic E-state index is 12.1. The fourth-order valence-electron chi connectivity index (χ4n) is 1.94. The number of nitrogens with one attached hydrogen (secondary N) is 2. The lowest BCUT2D eigenvalue weighted by atomic mass is 10.1. The highest BCUT2D eigenvalue weighted by atomic mass is 35.5. The van der Waals surface area contributed by atoms with Crippen molar-refractivity contribution in [2.24, 2.45) is 0 Å². The Bertz CT molecular complexity index is 747. The summed E-state index contributed by atoms with van der Waals surface area (Å²) in [5.74, 6) is -0.171.